The minimum Gasteiger partial charge on any atom is -0.489 e. The smallest absolute Gasteiger partial charge is 0.283 e. The molecule has 10 heteroatoms. The number of anilines is 2. The molecular weight excluding hydrogens is 395 g/mol. The van der Waals surface area contributed by atoms with Gasteiger partial charge in [-0.1, -0.05) is 11.3 Å². The molecule has 3 aromatic rings. The number of hydrogen-bond acceptors (Lipinski definition) is 8. The number of rotatable bonds is 5. The minimum atomic E-state index is -0.392. The number of carbonyl (C=O) groups excluding carboxylic acids is 1. The lowest BCUT2D eigenvalue weighted by atomic mass is 10.2. The van der Waals surface area contributed by atoms with Gasteiger partial charge in [-0.25, -0.2) is 19.3 Å². The van der Waals surface area contributed by atoms with Gasteiger partial charge in [0.15, 0.2) is 10.8 Å². The third-order valence-electron chi connectivity index (χ3n) is 4.34. The van der Waals surface area contributed by atoms with Crippen LogP contribution in [0, 0.1) is 5.82 Å². The van der Waals surface area contributed by atoms with Crippen LogP contribution in [0.25, 0.3) is 10.3 Å². The van der Waals surface area contributed by atoms with Crippen LogP contribution in [0.5, 0.6) is 5.75 Å². The Morgan fingerprint density at radius 3 is 2.86 bits per heavy atom. The number of halogens is 1. The Labute approximate surface area is 171 Å². The van der Waals surface area contributed by atoms with E-state index in [0.717, 1.165) is 13.1 Å². The van der Waals surface area contributed by atoms with Crippen LogP contribution in [0.1, 0.15) is 23.6 Å². The molecule has 0 unspecified atom stereocenters. The van der Waals surface area contributed by atoms with Crippen LogP contribution in [0.3, 0.4) is 0 Å². The largest absolute Gasteiger partial charge is 0.489 e. The van der Waals surface area contributed by atoms with Crippen molar-refractivity contribution in [3.8, 4) is 5.75 Å². The van der Waals surface area contributed by atoms with E-state index >= 15 is 0 Å². The molecule has 1 aliphatic rings. The molecule has 29 heavy (non-hydrogen) atoms. The van der Waals surface area contributed by atoms with Gasteiger partial charge >= 0.3 is 0 Å². The Hall–Kier alpha value is -2.85. The lowest BCUT2D eigenvalue weighted by molar-refractivity contribution is 0.0735. The van der Waals surface area contributed by atoms with E-state index in [0.29, 0.717) is 45.7 Å². The maximum atomic E-state index is 13.7. The number of thiazole rings is 1. The number of carbonyl (C=O) groups is 1. The van der Waals surface area contributed by atoms with Crippen molar-refractivity contribution in [3.05, 3.63) is 35.4 Å². The Morgan fingerprint density at radius 1 is 1.31 bits per heavy atom. The molecule has 1 fully saturated rings. The summed E-state index contributed by atoms with van der Waals surface area (Å²) in [4.78, 5) is 28.2. The molecule has 0 bridgehead atoms. The normalized spacial score (nSPS) is 14.4. The molecule has 1 aromatic carbocycles. The van der Waals surface area contributed by atoms with Crippen LogP contribution in [0.2, 0.25) is 0 Å². The van der Waals surface area contributed by atoms with Crippen molar-refractivity contribution in [1.29, 1.82) is 0 Å². The molecule has 1 amide bonds. The maximum absolute atomic E-state index is 13.7. The molecule has 3 heterocycles. The number of ether oxygens (including phenoxy) is 1. The van der Waals surface area contributed by atoms with Crippen molar-refractivity contribution in [2.24, 2.45) is 0 Å². The topological polar surface area (TPSA) is 92.3 Å². The van der Waals surface area contributed by atoms with Crippen LogP contribution in [0.15, 0.2) is 24.5 Å². The first-order valence-electron chi connectivity index (χ1n) is 9.36. The van der Waals surface area contributed by atoms with Crippen LogP contribution < -0.4 is 15.4 Å². The predicted molar refractivity (Wildman–Crippen MR) is 109 cm³/mol. The zero-order valence-corrected chi connectivity index (χ0v) is 16.9. The SMILES string of the molecule is CC(C)Oc1cc(F)ccc1Nc1ncnc2sc(C(=O)N3CCNCC3)nc12. The van der Waals surface area contributed by atoms with Gasteiger partial charge in [0.05, 0.1) is 11.8 Å². The van der Waals surface area contributed by atoms with Crippen molar-refractivity contribution in [2.45, 2.75) is 20.0 Å². The van der Waals surface area contributed by atoms with Gasteiger partial charge < -0.3 is 20.3 Å². The fourth-order valence-electron chi connectivity index (χ4n) is 3.02. The fraction of sp³-hybridized carbons (Fsp3) is 0.368. The summed E-state index contributed by atoms with van der Waals surface area (Å²) in [6.45, 7) is 6.57. The number of nitrogens with zero attached hydrogens (tertiary/aromatic N) is 4. The molecule has 2 N–H and O–H groups in total. The average Bonchev–Trinajstić information content (AvgIpc) is 3.15. The van der Waals surface area contributed by atoms with E-state index in [1.165, 1.54) is 29.8 Å². The molecular formula is C19H21FN6O2S. The zero-order valence-electron chi connectivity index (χ0n) is 16.1. The number of aromatic nitrogens is 3. The Balaban J connectivity index is 1.65. The second-order valence-corrected chi connectivity index (χ2v) is 7.85. The highest BCUT2D eigenvalue weighted by atomic mass is 32.1. The van der Waals surface area contributed by atoms with Gasteiger partial charge in [0, 0.05) is 32.2 Å². The first-order valence-corrected chi connectivity index (χ1v) is 10.2. The molecule has 1 aliphatic heterocycles. The van der Waals surface area contributed by atoms with Gasteiger partial charge in [0.25, 0.3) is 5.91 Å². The molecule has 0 spiro atoms. The van der Waals surface area contributed by atoms with E-state index in [1.54, 1.807) is 11.0 Å². The van der Waals surface area contributed by atoms with Crippen molar-refractivity contribution >= 4 is 39.1 Å². The standard InChI is InChI=1S/C19H21FN6O2S/c1-11(2)28-14-9-12(20)3-4-13(14)24-16-15-17(23-10-22-16)29-18(25-15)19(27)26-7-5-21-6-8-26/h3-4,9-11,21H,5-8H2,1-2H3,(H,22,23,24). The number of nitrogens with one attached hydrogen (secondary N) is 2. The lowest BCUT2D eigenvalue weighted by Crippen LogP contribution is -2.46. The third-order valence-corrected chi connectivity index (χ3v) is 5.29. The Morgan fingerprint density at radius 2 is 2.10 bits per heavy atom. The van der Waals surface area contributed by atoms with Gasteiger partial charge in [-0.2, -0.15) is 0 Å². The molecule has 0 saturated carbocycles. The number of fused-ring (bicyclic) bond motifs is 1. The molecule has 152 valence electrons. The number of piperazine rings is 1. The summed E-state index contributed by atoms with van der Waals surface area (Å²) in [6, 6.07) is 4.25. The number of hydrogen-bond donors (Lipinski definition) is 2. The van der Waals surface area contributed by atoms with E-state index in [4.69, 9.17) is 4.74 Å². The summed E-state index contributed by atoms with van der Waals surface area (Å²) in [7, 11) is 0. The summed E-state index contributed by atoms with van der Waals surface area (Å²) in [5.41, 5.74) is 1.05. The summed E-state index contributed by atoms with van der Waals surface area (Å²) in [5, 5.41) is 6.75. The first kappa shape index (κ1) is 19.5. The summed E-state index contributed by atoms with van der Waals surface area (Å²) < 4.78 is 19.4. The second-order valence-electron chi connectivity index (χ2n) is 6.87. The van der Waals surface area contributed by atoms with Crippen LogP contribution in [-0.4, -0.2) is 58.0 Å². The van der Waals surface area contributed by atoms with Gasteiger partial charge in [-0.05, 0) is 26.0 Å². The quantitative estimate of drug-likeness (QED) is 0.661. The van der Waals surface area contributed by atoms with Gasteiger partial charge in [0.1, 0.15) is 28.2 Å². The molecule has 4 rings (SSSR count). The van der Waals surface area contributed by atoms with Gasteiger partial charge in [-0.3, -0.25) is 4.79 Å². The highest BCUT2D eigenvalue weighted by Crippen LogP contribution is 2.32. The summed E-state index contributed by atoms with van der Waals surface area (Å²) in [6.07, 6.45) is 1.29. The van der Waals surface area contributed by atoms with Crippen LogP contribution in [0.4, 0.5) is 15.9 Å². The first-order chi connectivity index (χ1) is 14.0. The second kappa shape index (κ2) is 8.26. The third kappa shape index (κ3) is 4.28. The van der Waals surface area contributed by atoms with E-state index in [-0.39, 0.29) is 12.0 Å². The van der Waals surface area contributed by atoms with E-state index in [1.807, 2.05) is 13.8 Å². The summed E-state index contributed by atoms with van der Waals surface area (Å²) in [5.74, 6) is 0.313. The maximum Gasteiger partial charge on any atom is 0.283 e. The highest BCUT2D eigenvalue weighted by Gasteiger charge is 2.23. The molecule has 8 nitrogen and oxygen atoms in total. The van der Waals surface area contributed by atoms with Gasteiger partial charge in [-0.15, -0.1) is 0 Å². The highest BCUT2D eigenvalue weighted by molar-refractivity contribution is 7.19. The van der Waals surface area contributed by atoms with E-state index in [9.17, 15) is 9.18 Å². The monoisotopic (exact) mass is 416 g/mol. The zero-order chi connectivity index (χ0) is 20.4. The molecule has 0 aliphatic carbocycles. The number of amides is 1. The van der Waals surface area contributed by atoms with Crippen LogP contribution >= 0.6 is 11.3 Å². The Bertz CT molecular complexity index is 1030. The van der Waals surface area contributed by atoms with E-state index in [2.05, 4.69) is 25.6 Å². The molecule has 0 radical (unpaired) electrons. The van der Waals surface area contributed by atoms with Gasteiger partial charge in [0.2, 0.25) is 0 Å². The van der Waals surface area contributed by atoms with Crippen molar-refractivity contribution in [1.82, 2.24) is 25.2 Å². The van der Waals surface area contributed by atoms with Crippen molar-refractivity contribution in [2.75, 3.05) is 31.5 Å². The molecule has 1 saturated heterocycles. The Kier molecular flexibility index (Phi) is 5.54. The molecule has 0 atom stereocenters. The van der Waals surface area contributed by atoms with Crippen molar-refractivity contribution < 1.29 is 13.9 Å². The lowest BCUT2D eigenvalue weighted by Gasteiger charge is -2.26. The fourth-order valence-corrected chi connectivity index (χ4v) is 3.89. The van der Waals surface area contributed by atoms with E-state index < -0.39 is 5.82 Å². The molecule has 2 aromatic heterocycles. The minimum absolute atomic E-state index is 0.105. The predicted octanol–water partition coefficient (Wildman–Crippen LogP) is 2.80. The summed E-state index contributed by atoms with van der Waals surface area (Å²) >= 11 is 1.24. The number of benzene rings is 1. The van der Waals surface area contributed by atoms with Crippen LogP contribution in [-0.2, 0) is 0 Å². The van der Waals surface area contributed by atoms with Crippen molar-refractivity contribution in [3.63, 3.8) is 0 Å². The average molecular weight is 416 g/mol.